The fourth-order valence-corrected chi connectivity index (χ4v) is 12.8. The van der Waals surface area contributed by atoms with Crippen LogP contribution in [0.2, 0.25) is 58.9 Å². The van der Waals surface area contributed by atoms with Crippen molar-refractivity contribution in [2.75, 3.05) is 0 Å². The molecule has 2 unspecified atom stereocenters. The molecule has 0 aliphatic heterocycles. The Kier molecular flexibility index (Phi) is 11.7. The summed E-state index contributed by atoms with van der Waals surface area (Å²) in [6.07, 6.45) is 17.7. The molecule has 0 aromatic heterocycles. The van der Waals surface area contributed by atoms with Crippen molar-refractivity contribution in [1.82, 2.24) is 0 Å². The molecule has 3 nitrogen and oxygen atoms in total. The van der Waals surface area contributed by atoms with Gasteiger partial charge in [-0.2, -0.15) is 0 Å². The summed E-state index contributed by atoms with van der Waals surface area (Å²) in [5.74, 6) is 2.21. The van der Waals surface area contributed by atoms with Gasteiger partial charge in [0.05, 0.1) is 11.7 Å². The molecular formula is C36H68O3Si3. The molecule has 0 aromatic carbocycles. The number of fused-ring (bicyclic) bond motifs is 1. The SMILES string of the molecule is C=C1CC[C@H](O[Si](C)(C)C)C/C1=C/C=C1\CCC[C@@]2(C)C1CC[C@@H]2C(C)CC[C@@H](O[Si](C)(C)C)C(C)(C)O[Si](C)(C)C. The highest BCUT2D eigenvalue weighted by Crippen LogP contribution is 2.60. The average Bonchev–Trinajstić information content (AvgIpc) is 3.16. The van der Waals surface area contributed by atoms with Crippen molar-refractivity contribution in [3.63, 3.8) is 0 Å². The van der Waals surface area contributed by atoms with Crippen LogP contribution in [-0.2, 0) is 13.3 Å². The molecule has 0 heterocycles. The second kappa shape index (κ2) is 13.6. The van der Waals surface area contributed by atoms with E-state index in [9.17, 15) is 0 Å². The van der Waals surface area contributed by atoms with Crippen LogP contribution in [0.15, 0.2) is 35.5 Å². The molecule has 3 fully saturated rings. The maximum absolute atomic E-state index is 6.85. The summed E-state index contributed by atoms with van der Waals surface area (Å²) < 4.78 is 20.1. The maximum atomic E-state index is 6.85. The van der Waals surface area contributed by atoms with Crippen molar-refractivity contribution >= 4 is 25.0 Å². The van der Waals surface area contributed by atoms with E-state index in [1.165, 1.54) is 49.7 Å². The molecule has 242 valence electrons. The molecule has 0 saturated heterocycles. The fourth-order valence-electron chi connectivity index (χ4n) is 8.64. The lowest BCUT2D eigenvalue weighted by Crippen LogP contribution is -2.51. The lowest BCUT2D eigenvalue weighted by molar-refractivity contribution is -0.0325. The van der Waals surface area contributed by atoms with E-state index in [-0.39, 0.29) is 11.7 Å². The zero-order valence-corrected chi connectivity index (χ0v) is 33.0. The Hall–Kier alpha value is -0.249. The first kappa shape index (κ1) is 36.2. The third kappa shape index (κ3) is 10.1. The van der Waals surface area contributed by atoms with Crippen LogP contribution in [0.5, 0.6) is 0 Å². The summed E-state index contributed by atoms with van der Waals surface area (Å²) in [6.45, 7) is 35.0. The van der Waals surface area contributed by atoms with E-state index in [1.54, 1.807) is 5.57 Å². The second-order valence-corrected chi connectivity index (χ2v) is 31.2. The predicted octanol–water partition coefficient (Wildman–Crippen LogP) is 11.3. The van der Waals surface area contributed by atoms with Gasteiger partial charge in [0.15, 0.2) is 25.0 Å². The van der Waals surface area contributed by atoms with Gasteiger partial charge in [0, 0.05) is 6.10 Å². The molecule has 3 saturated carbocycles. The molecule has 0 amide bonds. The third-order valence-corrected chi connectivity index (χ3v) is 13.3. The van der Waals surface area contributed by atoms with Gasteiger partial charge in [-0.3, -0.25) is 0 Å². The highest BCUT2D eigenvalue weighted by atomic mass is 28.4. The van der Waals surface area contributed by atoms with Crippen LogP contribution in [0, 0.1) is 23.2 Å². The van der Waals surface area contributed by atoms with E-state index in [4.69, 9.17) is 13.3 Å². The van der Waals surface area contributed by atoms with E-state index < -0.39 is 25.0 Å². The molecule has 3 rings (SSSR count). The van der Waals surface area contributed by atoms with Crippen LogP contribution in [0.1, 0.15) is 91.9 Å². The van der Waals surface area contributed by atoms with Crippen LogP contribution in [0.4, 0.5) is 0 Å². The van der Waals surface area contributed by atoms with Gasteiger partial charge in [-0.15, -0.1) is 0 Å². The largest absolute Gasteiger partial charge is 0.414 e. The molecule has 0 aromatic rings. The normalized spacial score (nSPS) is 31.5. The average molecular weight is 633 g/mol. The molecule has 6 heteroatoms. The van der Waals surface area contributed by atoms with Crippen LogP contribution in [0.3, 0.4) is 0 Å². The molecule has 3 aliphatic carbocycles. The lowest BCUT2D eigenvalue weighted by Gasteiger charge is -2.45. The first-order valence-electron chi connectivity index (χ1n) is 17.2. The van der Waals surface area contributed by atoms with E-state index >= 15 is 0 Å². The topological polar surface area (TPSA) is 27.7 Å². The van der Waals surface area contributed by atoms with Crippen molar-refractivity contribution in [2.24, 2.45) is 23.2 Å². The van der Waals surface area contributed by atoms with Crippen molar-refractivity contribution in [1.29, 1.82) is 0 Å². The van der Waals surface area contributed by atoms with Crippen LogP contribution in [-0.4, -0.2) is 42.8 Å². The predicted molar refractivity (Wildman–Crippen MR) is 191 cm³/mol. The van der Waals surface area contributed by atoms with E-state index in [1.807, 2.05) is 0 Å². The van der Waals surface area contributed by atoms with Crippen LogP contribution >= 0.6 is 0 Å². The van der Waals surface area contributed by atoms with Gasteiger partial charge >= 0.3 is 0 Å². The Bertz CT molecular complexity index is 994. The Morgan fingerprint density at radius 3 is 2.17 bits per heavy atom. The molecule has 0 radical (unpaired) electrons. The molecule has 3 aliphatic rings. The maximum Gasteiger partial charge on any atom is 0.184 e. The van der Waals surface area contributed by atoms with Gasteiger partial charge < -0.3 is 13.3 Å². The van der Waals surface area contributed by atoms with Gasteiger partial charge in [-0.25, -0.2) is 0 Å². The van der Waals surface area contributed by atoms with E-state index in [0.717, 1.165) is 37.5 Å². The third-order valence-electron chi connectivity index (χ3n) is 10.1. The molecule has 0 spiro atoms. The lowest BCUT2D eigenvalue weighted by atomic mass is 9.60. The van der Waals surface area contributed by atoms with Gasteiger partial charge in [0.2, 0.25) is 0 Å². The van der Waals surface area contributed by atoms with Gasteiger partial charge in [-0.05, 0) is 166 Å². The Morgan fingerprint density at radius 2 is 1.57 bits per heavy atom. The molecular weight excluding hydrogens is 565 g/mol. The minimum atomic E-state index is -1.70. The summed E-state index contributed by atoms with van der Waals surface area (Å²) in [5, 5.41) is 0. The standard InChI is InChI=1S/C36H68O3Si3/c1-27-17-21-31(37-40(6,7)8)26-30(27)20-19-29-16-15-25-36(5)32(22-23-33(29)36)28(2)18-24-34(38-41(9,10)11)35(3,4)39-42(12,13)14/h19-20,28,31-34H,1,15-18,21-26H2,2-14H3/b29-19+,30-20-/t28?,31-,32+,33?,34+,36+/m0/s1. The Morgan fingerprint density at radius 1 is 0.905 bits per heavy atom. The summed E-state index contributed by atoms with van der Waals surface area (Å²) in [6, 6.07) is 0. The first-order valence-corrected chi connectivity index (χ1v) is 27.5. The minimum absolute atomic E-state index is 0.161. The monoisotopic (exact) mass is 632 g/mol. The number of rotatable bonds is 12. The number of hydrogen-bond acceptors (Lipinski definition) is 3. The minimum Gasteiger partial charge on any atom is -0.414 e. The summed E-state index contributed by atoms with van der Waals surface area (Å²) in [4.78, 5) is 0. The van der Waals surface area contributed by atoms with Crippen molar-refractivity contribution in [2.45, 2.75) is 169 Å². The van der Waals surface area contributed by atoms with Crippen molar-refractivity contribution < 1.29 is 13.3 Å². The molecule has 0 N–H and O–H groups in total. The summed E-state index contributed by atoms with van der Waals surface area (Å²) >= 11 is 0. The van der Waals surface area contributed by atoms with Gasteiger partial charge in [-0.1, -0.05) is 43.7 Å². The van der Waals surface area contributed by atoms with Gasteiger partial charge in [0.1, 0.15) is 0 Å². The number of allylic oxidation sites excluding steroid dienone is 4. The fraction of sp³-hybridized carbons (Fsp3) is 0.833. The molecule has 6 atom stereocenters. The quantitative estimate of drug-likeness (QED) is 0.200. The zero-order valence-electron chi connectivity index (χ0n) is 30.0. The highest BCUT2D eigenvalue weighted by Gasteiger charge is 2.51. The smallest absolute Gasteiger partial charge is 0.184 e. The van der Waals surface area contributed by atoms with E-state index in [2.05, 4.69) is 105 Å². The number of hydrogen-bond donors (Lipinski definition) is 0. The highest BCUT2D eigenvalue weighted by molar-refractivity contribution is 6.70. The Balaban J connectivity index is 1.72. The van der Waals surface area contributed by atoms with Gasteiger partial charge in [0.25, 0.3) is 0 Å². The zero-order chi connectivity index (χ0) is 31.7. The van der Waals surface area contributed by atoms with Crippen LogP contribution < -0.4 is 0 Å². The van der Waals surface area contributed by atoms with Crippen molar-refractivity contribution in [3.05, 3.63) is 35.5 Å². The first-order chi connectivity index (χ1) is 19.1. The summed E-state index contributed by atoms with van der Waals surface area (Å²) in [7, 11) is -4.91. The Labute approximate surface area is 264 Å². The van der Waals surface area contributed by atoms with Crippen molar-refractivity contribution in [3.8, 4) is 0 Å². The van der Waals surface area contributed by atoms with Crippen LogP contribution in [0.25, 0.3) is 0 Å². The summed E-state index contributed by atoms with van der Waals surface area (Å²) in [5.41, 5.74) is 4.63. The van der Waals surface area contributed by atoms with E-state index in [0.29, 0.717) is 17.4 Å². The second-order valence-electron chi connectivity index (χ2n) is 17.8. The molecule has 0 bridgehead atoms. The molecule has 42 heavy (non-hydrogen) atoms.